The smallest absolute Gasteiger partial charge is 0.321 e. The Labute approximate surface area is 94.1 Å². The first kappa shape index (κ1) is 15.7. The van der Waals surface area contributed by atoms with Gasteiger partial charge in [0.25, 0.3) is 0 Å². The van der Waals surface area contributed by atoms with E-state index < -0.39 is 12.0 Å². The van der Waals surface area contributed by atoms with E-state index in [2.05, 4.69) is 15.3 Å². The average molecular weight is 242 g/mol. The minimum atomic E-state index is -0.855. The lowest BCUT2D eigenvalue weighted by atomic mass is 10.2. The van der Waals surface area contributed by atoms with Gasteiger partial charge in [0.15, 0.2) is 0 Å². The second kappa shape index (κ2) is 7.61. The van der Waals surface area contributed by atoms with Crippen molar-refractivity contribution in [1.29, 1.82) is 0 Å². The van der Waals surface area contributed by atoms with E-state index in [9.17, 15) is 4.79 Å². The Morgan fingerprint density at radius 1 is 1.71 bits per heavy atom. The van der Waals surface area contributed by atoms with Crippen LogP contribution in [-0.4, -0.2) is 34.1 Å². The third-order valence-electron chi connectivity index (χ3n) is 1.63. The number of aliphatic carboxylic acids is 1. The van der Waals surface area contributed by atoms with Crippen LogP contribution in [0.2, 0.25) is 0 Å². The highest BCUT2D eigenvalue weighted by atomic mass is 35.5. The van der Waals surface area contributed by atoms with Crippen molar-refractivity contribution in [2.45, 2.75) is 12.5 Å². The van der Waals surface area contributed by atoms with E-state index in [1.54, 1.807) is 13.2 Å². The third-order valence-corrected chi connectivity index (χ3v) is 1.63. The van der Waals surface area contributed by atoms with Gasteiger partial charge in [0.05, 0.1) is 6.33 Å². The summed E-state index contributed by atoms with van der Waals surface area (Å²) in [5.74, 6) is -0.855. The summed E-state index contributed by atoms with van der Waals surface area (Å²) in [6.45, 7) is 0. The number of hydrogen-bond donors (Lipinski definition) is 3. The lowest BCUT2D eigenvalue weighted by molar-refractivity contribution is -0.139. The highest BCUT2D eigenvalue weighted by Crippen LogP contribution is 1.97. The number of aromatic amines is 1. The van der Waals surface area contributed by atoms with Crippen molar-refractivity contribution < 1.29 is 9.90 Å². The molecule has 0 aromatic carbocycles. The Bertz CT molecular complexity index is 253. The van der Waals surface area contributed by atoms with Gasteiger partial charge in [0, 0.05) is 18.3 Å². The molecule has 0 saturated carbocycles. The summed E-state index contributed by atoms with van der Waals surface area (Å²) in [6, 6.07) is -0.551. The van der Waals surface area contributed by atoms with Crippen molar-refractivity contribution in [2.24, 2.45) is 0 Å². The SMILES string of the molecule is CN[C@H](Cc1cnc[nH]1)C(=O)O.Cl.Cl. The number of halogens is 2. The number of likely N-dealkylation sites (N-methyl/N-ethyl adjacent to an activating group) is 1. The quantitative estimate of drug-likeness (QED) is 0.717. The molecular formula is C7H13Cl2N3O2. The first-order valence-electron chi connectivity index (χ1n) is 3.61. The number of nitrogens with one attached hydrogen (secondary N) is 2. The maximum Gasteiger partial charge on any atom is 0.321 e. The molecule has 1 aromatic rings. The number of H-pyrrole nitrogens is 1. The van der Waals surface area contributed by atoms with Gasteiger partial charge in [-0.3, -0.25) is 4.79 Å². The maximum atomic E-state index is 10.6. The minimum absolute atomic E-state index is 0. The monoisotopic (exact) mass is 241 g/mol. The van der Waals surface area contributed by atoms with E-state index in [0.29, 0.717) is 6.42 Å². The van der Waals surface area contributed by atoms with Gasteiger partial charge in [-0.15, -0.1) is 24.8 Å². The molecule has 82 valence electrons. The molecule has 1 heterocycles. The molecule has 0 spiro atoms. The van der Waals surface area contributed by atoms with Crippen molar-refractivity contribution in [3.63, 3.8) is 0 Å². The van der Waals surface area contributed by atoms with Crippen molar-refractivity contribution in [3.8, 4) is 0 Å². The standard InChI is InChI=1S/C7H11N3O2.2ClH/c1-8-6(7(11)12)2-5-3-9-4-10-5;;/h3-4,6,8H,2H2,1H3,(H,9,10)(H,11,12);2*1H/t6-;;/m1../s1. The van der Waals surface area contributed by atoms with Crippen LogP contribution in [0, 0.1) is 0 Å². The Morgan fingerprint density at radius 3 is 2.71 bits per heavy atom. The largest absolute Gasteiger partial charge is 0.480 e. The normalized spacial score (nSPS) is 10.9. The second-order valence-corrected chi connectivity index (χ2v) is 2.46. The van der Waals surface area contributed by atoms with Gasteiger partial charge >= 0.3 is 5.97 Å². The van der Waals surface area contributed by atoms with Crippen LogP contribution in [0.5, 0.6) is 0 Å². The predicted molar refractivity (Wildman–Crippen MR) is 57.3 cm³/mol. The number of carboxylic acid groups (broad SMARTS) is 1. The molecule has 0 fully saturated rings. The number of imidazole rings is 1. The van der Waals surface area contributed by atoms with Crippen LogP contribution in [0.3, 0.4) is 0 Å². The van der Waals surface area contributed by atoms with E-state index in [-0.39, 0.29) is 24.8 Å². The molecule has 0 radical (unpaired) electrons. The summed E-state index contributed by atoms with van der Waals surface area (Å²) in [6.07, 6.45) is 3.57. The number of carboxylic acids is 1. The van der Waals surface area contributed by atoms with Crippen LogP contribution in [-0.2, 0) is 11.2 Å². The van der Waals surface area contributed by atoms with Gasteiger partial charge < -0.3 is 15.4 Å². The third kappa shape index (κ3) is 4.45. The van der Waals surface area contributed by atoms with Crippen LogP contribution >= 0.6 is 24.8 Å². The Kier molecular flexibility index (Phi) is 8.52. The van der Waals surface area contributed by atoms with E-state index in [1.165, 1.54) is 6.33 Å². The molecule has 1 rings (SSSR count). The molecule has 7 heteroatoms. The number of hydrogen-bond acceptors (Lipinski definition) is 3. The van der Waals surface area contributed by atoms with Gasteiger partial charge in [0.1, 0.15) is 6.04 Å². The summed E-state index contributed by atoms with van der Waals surface area (Å²) in [7, 11) is 1.62. The summed E-state index contributed by atoms with van der Waals surface area (Å²) in [5, 5.41) is 11.4. The van der Waals surface area contributed by atoms with Gasteiger partial charge in [-0.05, 0) is 7.05 Å². The zero-order valence-corrected chi connectivity index (χ0v) is 9.19. The molecule has 0 aliphatic heterocycles. The van der Waals surface area contributed by atoms with Crippen LogP contribution < -0.4 is 5.32 Å². The Balaban J connectivity index is 0. The lowest BCUT2D eigenvalue weighted by Crippen LogP contribution is -2.35. The fraction of sp³-hybridized carbons (Fsp3) is 0.429. The van der Waals surface area contributed by atoms with Gasteiger partial charge in [-0.1, -0.05) is 0 Å². The molecule has 0 bridgehead atoms. The molecule has 0 saturated heterocycles. The Morgan fingerprint density at radius 2 is 2.36 bits per heavy atom. The number of rotatable bonds is 4. The molecule has 0 aliphatic carbocycles. The highest BCUT2D eigenvalue weighted by molar-refractivity contribution is 5.85. The maximum absolute atomic E-state index is 10.6. The van der Waals surface area contributed by atoms with E-state index in [1.807, 2.05) is 0 Å². The number of nitrogens with zero attached hydrogens (tertiary/aromatic N) is 1. The lowest BCUT2D eigenvalue weighted by Gasteiger charge is -2.08. The summed E-state index contributed by atoms with van der Waals surface area (Å²) in [5.41, 5.74) is 0.816. The second-order valence-electron chi connectivity index (χ2n) is 2.46. The fourth-order valence-corrected chi connectivity index (χ4v) is 0.929. The number of aromatic nitrogens is 2. The highest BCUT2D eigenvalue weighted by Gasteiger charge is 2.15. The van der Waals surface area contributed by atoms with Crippen LogP contribution in [0.1, 0.15) is 5.69 Å². The predicted octanol–water partition coefficient (Wildman–Crippen LogP) is 0.468. The first-order valence-corrected chi connectivity index (χ1v) is 3.61. The minimum Gasteiger partial charge on any atom is -0.480 e. The average Bonchev–Trinajstić information content (AvgIpc) is 2.51. The molecule has 1 aromatic heterocycles. The number of carbonyl (C=O) groups is 1. The van der Waals surface area contributed by atoms with Crippen LogP contribution in [0.15, 0.2) is 12.5 Å². The zero-order chi connectivity index (χ0) is 8.97. The molecule has 1 atom stereocenters. The summed E-state index contributed by atoms with van der Waals surface area (Å²) in [4.78, 5) is 17.2. The summed E-state index contributed by atoms with van der Waals surface area (Å²) >= 11 is 0. The van der Waals surface area contributed by atoms with Gasteiger partial charge in [-0.25, -0.2) is 4.98 Å². The van der Waals surface area contributed by atoms with E-state index in [4.69, 9.17) is 5.11 Å². The molecule has 5 nitrogen and oxygen atoms in total. The fourth-order valence-electron chi connectivity index (χ4n) is 0.929. The Hall–Kier alpha value is -0.780. The van der Waals surface area contributed by atoms with Crippen molar-refractivity contribution >= 4 is 30.8 Å². The molecule has 0 amide bonds. The first-order chi connectivity index (χ1) is 5.74. The van der Waals surface area contributed by atoms with Gasteiger partial charge in [0.2, 0.25) is 0 Å². The van der Waals surface area contributed by atoms with Crippen molar-refractivity contribution in [3.05, 3.63) is 18.2 Å². The van der Waals surface area contributed by atoms with Crippen LogP contribution in [0.25, 0.3) is 0 Å². The molecule has 14 heavy (non-hydrogen) atoms. The van der Waals surface area contributed by atoms with E-state index >= 15 is 0 Å². The van der Waals surface area contributed by atoms with Crippen molar-refractivity contribution in [1.82, 2.24) is 15.3 Å². The molecule has 0 aliphatic rings. The summed E-state index contributed by atoms with van der Waals surface area (Å²) < 4.78 is 0. The van der Waals surface area contributed by atoms with Crippen LogP contribution in [0.4, 0.5) is 0 Å². The molecule has 3 N–H and O–H groups in total. The molecular weight excluding hydrogens is 229 g/mol. The zero-order valence-electron chi connectivity index (χ0n) is 7.56. The van der Waals surface area contributed by atoms with Gasteiger partial charge in [-0.2, -0.15) is 0 Å². The molecule has 0 unspecified atom stereocenters. The topological polar surface area (TPSA) is 78.0 Å². The van der Waals surface area contributed by atoms with Crippen molar-refractivity contribution in [2.75, 3.05) is 7.05 Å². The van der Waals surface area contributed by atoms with E-state index in [0.717, 1.165) is 5.69 Å².